The number of thiazole rings is 1. The van der Waals surface area contributed by atoms with Crippen LogP contribution in [-0.2, 0) is 22.9 Å². The van der Waals surface area contributed by atoms with Gasteiger partial charge in [-0.05, 0) is 24.1 Å². The second-order valence-corrected chi connectivity index (χ2v) is 6.80. The van der Waals surface area contributed by atoms with E-state index in [9.17, 15) is 8.42 Å². The number of nitrogens with two attached hydrogens (primary N) is 1. The average molecular weight is 311 g/mol. The summed E-state index contributed by atoms with van der Waals surface area (Å²) < 4.78 is 27.2. The molecule has 1 aromatic carbocycles. The summed E-state index contributed by atoms with van der Waals surface area (Å²) in [6.07, 6.45) is 1.22. The van der Waals surface area contributed by atoms with E-state index in [0.29, 0.717) is 25.1 Å². The van der Waals surface area contributed by atoms with Gasteiger partial charge in [0, 0.05) is 24.0 Å². The minimum absolute atomic E-state index is 0.262. The zero-order valence-electron chi connectivity index (χ0n) is 11.2. The number of hydrogen-bond acceptors (Lipinski definition) is 5. The van der Waals surface area contributed by atoms with Crippen LogP contribution in [0.15, 0.2) is 34.0 Å². The molecule has 1 heterocycles. The Kier molecular flexibility index (Phi) is 4.74. The van der Waals surface area contributed by atoms with Gasteiger partial charge in [0.25, 0.3) is 0 Å². The number of sulfonamides is 1. The van der Waals surface area contributed by atoms with E-state index in [4.69, 9.17) is 5.73 Å². The zero-order valence-corrected chi connectivity index (χ0v) is 12.8. The monoisotopic (exact) mass is 311 g/mol. The highest BCUT2D eigenvalue weighted by Crippen LogP contribution is 2.19. The van der Waals surface area contributed by atoms with E-state index in [1.54, 1.807) is 17.6 Å². The lowest BCUT2D eigenvalue weighted by atomic mass is 10.1. The Morgan fingerprint density at radius 2 is 2.20 bits per heavy atom. The van der Waals surface area contributed by atoms with Crippen molar-refractivity contribution in [1.29, 1.82) is 0 Å². The first kappa shape index (κ1) is 15.0. The van der Waals surface area contributed by atoms with Crippen LogP contribution in [0, 0.1) is 0 Å². The third-order valence-electron chi connectivity index (χ3n) is 2.92. The first-order valence-electron chi connectivity index (χ1n) is 6.28. The van der Waals surface area contributed by atoms with Gasteiger partial charge < -0.3 is 5.73 Å². The van der Waals surface area contributed by atoms with Crippen LogP contribution in [0.3, 0.4) is 0 Å². The van der Waals surface area contributed by atoms with E-state index in [1.807, 2.05) is 12.3 Å². The van der Waals surface area contributed by atoms with E-state index < -0.39 is 10.0 Å². The van der Waals surface area contributed by atoms with Crippen LogP contribution in [0.4, 0.5) is 5.69 Å². The van der Waals surface area contributed by atoms with Crippen molar-refractivity contribution < 1.29 is 8.42 Å². The zero-order chi connectivity index (χ0) is 14.6. The van der Waals surface area contributed by atoms with Crippen molar-refractivity contribution in [2.75, 3.05) is 12.3 Å². The highest BCUT2D eigenvalue weighted by atomic mass is 32.2. The highest BCUT2D eigenvalue weighted by Gasteiger charge is 2.17. The molecule has 7 heteroatoms. The third kappa shape index (κ3) is 3.56. The minimum atomic E-state index is -3.53. The summed E-state index contributed by atoms with van der Waals surface area (Å²) in [5, 5.41) is 1.91. The van der Waals surface area contributed by atoms with Crippen molar-refractivity contribution in [3.8, 4) is 0 Å². The predicted octanol–water partition coefficient (Wildman–Crippen LogP) is 1.81. The van der Waals surface area contributed by atoms with Crippen LogP contribution < -0.4 is 10.5 Å². The molecule has 0 unspecified atom stereocenters. The molecule has 0 atom stereocenters. The first-order chi connectivity index (χ1) is 9.53. The number of nitrogens with one attached hydrogen (secondary N) is 1. The molecule has 0 aliphatic heterocycles. The number of benzene rings is 1. The standard InChI is InChI=1S/C13H17N3O2S2/c1-2-10-3-4-11(14)7-13(10)20(17,18)16-6-5-12-8-19-9-15-12/h3-4,7-9,16H,2,5-6,14H2,1H3. The van der Waals surface area contributed by atoms with Crippen LogP contribution in [-0.4, -0.2) is 19.9 Å². The largest absolute Gasteiger partial charge is 0.399 e. The van der Waals surface area contributed by atoms with Crippen molar-refractivity contribution in [3.63, 3.8) is 0 Å². The fourth-order valence-corrected chi connectivity index (χ4v) is 3.83. The third-order valence-corrected chi connectivity index (χ3v) is 5.10. The smallest absolute Gasteiger partial charge is 0.240 e. The summed E-state index contributed by atoms with van der Waals surface area (Å²) in [4.78, 5) is 4.38. The second kappa shape index (κ2) is 6.34. The molecule has 0 spiro atoms. The van der Waals surface area contributed by atoms with Crippen LogP contribution in [0.5, 0.6) is 0 Å². The van der Waals surface area contributed by atoms with E-state index in [-0.39, 0.29) is 4.90 Å². The fraction of sp³-hybridized carbons (Fsp3) is 0.308. The number of anilines is 1. The number of nitrogen functional groups attached to an aromatic ring is 1. The highest BCUT2D eigenvalue weighted by molar-refractivity contribution is 7.89. The second-order valence-electron chi connectivity index (χ2n) is 4.35. The molecule has 0 amide bonds. The molecular formula is C13H17N3O2S2. The maximum absolute atomic E-state index is 12.3. The lowest BCUT2D eigenvalue weighted by molar-refractivity contribution is 0.580. The van der Waals surface area contributed by atoms with Gasteiger partial charge in [-0.15, -0.1) is 11.3 Å². The molecule has 2 rings (SSSR count). The SMILES string of the molecule is CCc1ccc(N)cc1S(=O)(=O)NCCc1cscn1. The normalized spacial score (nSPS) is 11.7. The van der Waals surface area contributed by atoms with Crippen molar-refractivity contribution in [1.82, 2.24) is 9.71 Å². The summed E-state index contributed by atoms with van der Waals surface area (Å²) in [7, 11) is -3.53. The Morgan fingerprint density at radius 1 is 1.40 bits per heavy atom. The lowest BCUT2D eigenvalue weighted by Gasteiger charge is -2.11. The van der Waals surface area contributed by atoms with Gasteiger partial charge in [-0.3, -0.25) is 0 Å². The quantitative estimate of drug-likeness (QED) is 0.797. The summed E-state index contributed by atoms with van der Waals surface area (Å²) >= 11 is 1.50. The predicted molar refractivity (Wildman–Crippen MR) is 81.2 cm³/mol. The summed E-state index contributed by atoms with van der Waals surface area (Å²) in [6, 6.07) is 4.97. The molecule has 3 N–H and O–H groups in total. The molecule has 2 aromatic rings. The summed E-state index contributed by atoms with van der Waals surface area (Å²) in [5.74, 6) is 0. The maximum Gasteiger partial charge on any atom is 0.240 e. The van der Waals surface area contributed by atoms with Crippen LogP contribution >= 0.6 is 11.3 Å². The van der Waals surface area contributed by atoms with Crippen LogP contribution in [0.2, 0.25) is 0 Å². The van der Waals surface area contributed by atoms with Gasteiger partial charge in [0.2, 0.25) is 10.0 Å². The number of hydrogen-bond donors (Lipinski definition) is 2. The van der Waals surface area contributed by atoms with Crippen molar-refractivity contribution in [2.45, 2.75) is 24.7 Å². The van der Waals surface area contributed by atoms with E-state index in [1.165, 1.54) is 17.4 Å². The van der Waals surface area contributed by atoms with Gasteiger partial charge in [0.1, 0.15) is 0 Å². The summed E-state index contributed by atoms with van der Waals surface area (Å²) in [5.41, 5.74) is 9.52. The van der Waals surface area contributed by atoms with Crippen LogP contribution in [0.25, 0.3) is 0 Å². The van der Waals surface area contributed by atoms with E-state index >= 15 is 0 Å². The molecule has 5 nitrogen and oxygen atoms in total. The molecule has 0 radical (unpaired) electrons. The van der Waals surface area contributed by atoms with Gasteiger partial charge in [-0.25, -0.2) is 18.1 Å². The molecule has 1 aromatic heterocycles. The lowest BCUT2D eigenvalue weighted by Crippen LogP contribution is -2.27. The Balaban J connectivity index is 2.11. The molecule has 0 fully saturated rings. The molecule has 0 bridgehead atoms. The number of aryl methyl sites for hydroxylation is 1. The molecule has 0 aliphatic carbocycles. The van der Waals surface area contributed by atoms with Crippen molar-refractivity contribution >= 4 is 27.0 Å². The Labute approximate surface area is 122 Å². The van der Waals surface area contributed by atoms with Gasteiger partial charge in [-0.1, -0.05) is 13.0 Å². The van der Waals surface area contributed by atoms with Gasteiger partial charge in [0.05, 0.1) is 16.1 Å². The fourth-order valence-electron chi connectivity index (χ4n) is 1.87. The maximum atomic E-state index is 12.3. The van der Waals surface area contributed by atoms with Crippen LogP contribution in [0.1, 0.15) is 18.2 Å². The molecule has 20 heavy (non-hydrogen) atoms. The molecular weight excluding hydrogens is 294 g/mol. The molecule has 0 saturated carbocycles. The molecule has 0 aliphatic rings. The topological polar surface area (TPSA) is 85.1 Å². The average Bonchev–Trinajstić information content (AvgIpc) is 2.91. The first-order valence-corrected chi connectivity index (χ1v) is 8.70. The molecule has 108 valence electrons. The van der Waals surface area contributed by atoms with E-state index in [2.05, 4.69) is 9.71 Å². The Bertz CT molecular complexity index is 667. The van der Waals surface area contributed by atoms with Gasteiger partial charge in [0.15, 0.2) is 0 Å². The van der Waals surface area contributed by atoms with E-state index in [0.717, 1.165) is 11.3 Å². The number of aromatic nitrogens is 1. The van der Waals surface area contributed by atoms with Crippen molar-refractivity contribution in [2.24, 2.45) is 0 Å². The summed E-state index contributed by atoms with van der Waals surface area (Å²) in [6.45, 7) is 2.24. The Morgan fingerprint density at radius 3 is 2.85 bits per heavy atom. The van der Waals surface area contributed by atoms with Gasteiger partial charge >= 0.3 is 0 Å². The number of rotatable bonds is 6. The number of nitrogens with zero attached hydrogens (tertiary/aromatic N) is 1. The van der Waals surface area contributed by atoms with Gasteiger partial charge in [-0.2, -0.15) is 0 Å². The minimum Gasteiger partial charge on any atom is -0.399 e. The van der Waals surface area contributed by atoms with Crippen molar-refractivity contribution in [3.05, 3.63) is 40.3 Å². The Hall–Kier alpha value is -1.44. The molecule has 0 saturated heterocycles.